The summed E-state index contributed by atoms with van der Waals surface area (Å²) in [6, 6.07) is 78.2. The lowest BCUT2D eigenvalue weighted by molar-refractivity contribution is 0.420. The maximum Gasteiger partial charge on any atom is 0.0726 e. The molecule has 2 fully saturated rings. The monoisotopic (exact) mass is 833 g/mol. The summed E-state index contributed by atoms with van der Waals surface area (Å²) in [4.78, 5) is 2.51. The smallest absolute Gasteiger partial charge is 0.0726 e. The zero-order valence-electron chi connectivity index (χ0n) is 37.1. The summed E-state index contributed by atoms with van der Waals surface area (Å²) >= 11 is 0. The predicted molar refractivity (Wildman–Crippen MR) is 271 cm³/mol. The zero-order chi connectivity index (χ0) is 43.2. The molecule has 1 heteroatoms. The van der Waals surface area contributed by atoms with Gasteiger partial charge in [0, 0.05) is 17.1 Å². The maximum atomic E-state index is 2.53. The standard InChI is InChI=1S/C64H51N/c1-41-20-33-56-57-34-21-42(2)37-62(57)64(61(56)36-41)60-19-11-10-18-55(60)58-35-32-50(40-63(58)64)65(49-30-26-46(27-31-49)59-39-43-22-23-47(59)38-43)48-28-24-45(25-29-48)52-15-7-9-17-54(52)53-16-8-6-14-51(53)44-12-4-3-5-13-44/h3-21,24-37,40,43,47,59H,22-23,38-39H2,1-2H3. The third-order valence-electron chi connectivity index (χ3n) is 15.7. The third kappa shape index (κ3) is 5.91. The molecule has 0 saturated heterocycles. The highest BCUT2D eigenvalue weighted by molar-refractivity contribution is 5.97. The molecule has 312 valence electrons. The number of aryl methyl sites for hydroxylation is 2. The Morgan fingerprint density at radius 2 is 0.846 bits per heavy atom. The highest BCUT2D eigenvalue weighted by Gasteiger charge is 2.52. The summed E-state index contributed by atoms with van der Waals surface area (Å²) in [5.41, 5.74) is 25.4. The molecule has 2 saturated carbocycles. The van der Waals surface area contributed by atoms with Crippen molar-refractivity contribution in [3.63, 3.8) is 0 Å². The van der Waals surface area contributed by atoms with E-state index in [1.54, 1.807) is 0 Å². The minimum absolute atomic E-state index is 0.425. The van der Waals surface area contributed by atoms with Gasteiger partial charge in [0.1, 0.15) is 0 Å². The first-order valence-electron chi connectivity index (χ1n) is 23.7. The van der Waals surface area contributed by atoms with Crippen LogP contribution in [0.3, 0.4) is 0 Å². The van der Waals surface area contributed by atoms with Crippen LogP contribution in [0.25, 0.3) is 55.6 Å². The van der Waals surface area contributed by atoms with Gasteiger partial charge < -0.3 is 4.90 Å². The minimum Gasteiger partial charge on any atom is -0.310 e. The first-order valence-corrected chi connectivity index (χ1v) is 23.7. The Hall–Kier alpha value is -7.22. The lowest BCUT2D eigenvalue weighted by atomic mass is 9.70. The highest BCUT2D eigenvalue weighted by atomic mass is 15.1. The van der Waals surface area contributed by atoms with Crippen molar-refractivity contribution in [3.8, 4) is 55.6 Å². The SMILES string of the molecule is Cc1ccc2c(c1)C1(c3ccccc3-c3ccc(N(c4ccc(-c5ccccc5-c5ccccc5-c5ccccc5)cc4)c4ccc(C5CC6CCC5C6)cc4)cc31)c1cc(C)ccc1-2. The highest BCUT2D eigenvalue weighted by Crippen LogP contribution is 2.64. The van der Waals surface area contributed by atoms with Crippen molar-refractivity contribution in [2.45, 2.75) is 50.9 Å². The lowest BCUT2D eigenvalue weighted by Gasteiger charge is -2.32. The van der Waals surface area contributed by atoms with Gasteiger partial charge in [-0.1, -0.05) is 187 Å². The molecule has 1 spiro atoms. The van der Waals surface area contributed by atoms with Gasteiger partial charge >= 0.3 is 0 Å². The van der Waals surface area contributed by atoms with Gasteiger partial charge in [-0.3, -0.25) is 0 Å². The summed E-state index contributed by atoms with van der Waals surface area (Å²) < 4.78 is 0. The molecule has 3 unspecified atom stereocenters. The summed E-state index contributed by atoms with van der Waals surface area (Å²) in [6.07, 6.45) is 5.57. The number of fused-ring (bicyclic) bond motifs is 12. The van der Waals surface area contributed by atoms with Crippen molar-refractivity contribution in [3.05, 3.63) is 245 Å². The Kier molecular flexibility index (Phi) is 8.79. The molecule has 9 aromatic rings. The maximum absolute atomic E-state index is 2.53. The molecule has 4 aliphatic rings. The van der Waals surface area contributed by atoms with Crippen LogP contribution in [0, 0.1) is 25.7 Å². The normalized spacial score (nSPS) is 18.0. The van der Waals surface area contributed by atoms with Crippen molar-refractivity contribution in [1.82, 2.24) is 0 Å². The molecule has 0 heterocycles. The Morgan fingerprint density at radius 1 is 0.369 bits per heavy atom. The minimum atomic E-state index is -0.425. The molecule has 1 nitrogen and oxygen atoms in total. The number of benzene rings is 9. The Balaban J connectivity index is 0.971. The molecule has 0 aromatic heterocycles. The zero-order valence-corrected chi connectivity index (χ0v) is 37.1. The van der Waals surface area contributed by atoms with Gasteiger partial charge in [0.05, 0.1) is 5.41 Å². The number of anilines is 3. The van der Waals surface area contributed by atoms with Crippen molar-refractivity contribution in [1.29, 1.82) is 0 Å². The molecular formula is C64H51N. The molecule has 0 aliphatic heterocycles. The lowest BCUT2D eigenvalue weighted by Crippen LogP contribution is -2.26. The molecule has 4 aliphatic carbocycles. The van der Waals surface area contributed by atoms with Gasteiger partial charge in [-0.2, -0.15) is 0 Å². The van der Waals surface area contributed by atoms with E-state index in [0.717, 1.165) is 17.5 Å². The Bertz CT molecular complexity index is 3250. The van der Waals surface area contributed by atoms with E-state index in [4.69, 9.17) is 0 Å². The van der Waals surface area contributed by atoms with Crippen molar-refractivity contribution in [2.75, 3.05) is 4.90 Å². The molecule has 0 amide bonds. The topological polar surface area (TPSA) is 3.24 Å². The van der Waals surface area contributed by atoms with Crippen LogP contribution in [0.5, 0.6) is 0 Å². The second-order valence-corrected chi connectivity index (χ2v) is 19.3. The molecule has 0 radical (unpaired) electrons. The van der Waals surface area contributed by atoms with Crippen LogP contribution in [0.4, 0.5) is 17.1 Å². The van der Waals surface area contributed by atoms with E-state index >= 15 is 0 Å². The summed E-state index contributed by atoms with van der Waals surface area (Å²) in [7, 11) is 0. The largest absolute Gasteiger partial charge is 0.310 e. The molecule has 13 rings (SSSR count). The number of rotatable bonds is 7. The van der Waals surface area contributed by atoms with Gasteiger partial charge in [0.25, 0.3) is 0 Å². The van der Waals surface area contributed by atoms with Crippen LogP contribution in [-0.2, 0) is 5.41 Å². The third-order valence-corrected chi connectivity index (χ3v) is 15.7. The summed E-state index contributed by atoms with van der Waals surface area (Å²) in [6.45, 7) is 4.49. The van der Waals surface area contributed by atoms with Gasteiger partial charge in [-0.25, -0.2) is 0 Å². The number of hydrogen-bond donors (Lipinski definition) is 0. The Labute approximate surface area is 383 Å². The van der Waals surface area contributed by atoms with Crippen LogP contribution in [0.1, 0.15) is 70.5 Å². The van der Waals surface area contributed by atoms with E-state index in [9.17, 15) is 0 Å². The second kappa shape index (κ2) is 14.9. The van der Waals surface area contributed by atoms with E-state index in [0.29, 0.717) is 5.92 Å². The van der Waals surface area contributed by atoms with Crippen LogP contribution >= 0.6 is 0 Å². The van der Waals surface area contributed by atoms with Crippen molar-refractivity contribution in [2.24, 2.45) is 11.8 Å². The fourth-order valence-corrected chi connectivity index (χ4v) is 12.9. The summed E-state index contributed by atoms with van der Waals surface area (Å²) in [5.74, 6) is 2.45. The molecule has 2 bridgehead atoms. The van der Waals surface area contributed by atoms with Crippen molar-refractivity contribution < 1.29 is 0 Å². The molecule has 3 atom stereocenters. The summed E-state index contributed by atoms with van der Waals surface area (Å²) in [5, 5.41) is 0. The first kappa shape index (κ1) is 38.3. The van der Waals surface area contributed by atoms with Gasteiger partial charge in [0.2, 0.25) is 0 Å². The van der Waals surface area contributed by atoms with Gasteiger partial charge in [-0.05, 0) is 171 Å². The molecule has 0 N–H and O–H groups in total. The fraction of sp³-hybridized carbons (Fsp3) is 0.156. The van der Waals surface area contributed by atoms with Crippen LogP contribution in [0.2, 0.25) is 0 Å². The molecular weight excluding hydrogens is 783 g/mol. The predicted octanol–water partition coefficient (Wildman–Crippen LogP) is 17.0. The fourth-order valence-electron chi connectivity index (χ4n) is 12.9. The molecule has 65 heavy (non-hydrogen) atoms. The number of hydrogen-bond acceptors (Lipinski definition) is 1. The van der Waals surface area contributed by atoms with Crippen molar-refractivity contribution >= 4 is 17.1 Å². The average Bonchev–Trinajstić information content (AvgIpc) is 4.13. The first-order chi connectivity index (χ1) is 32.0. The average molecular weight is 834 g/mol. The van der Waals surface area contributed by atoms with Gasteiger partial charge in [-0.15, -0.1) is 0 Å². The second-order valence-electron chi connectivity index (χ2n) is 19.3. The quantitative estimate of drug-likeness (QED) is 0.155. The van der Waals surface area contributed by atoms with Crippen LogP contribution in [-0.4, -0.2) is 0 Å². The van der Waals surface area contributed by atoms with E-state index in [-0.39, 0.29) is 0 Å². The molecule has 9 aromatic carbocycles. The van der Waals surface area contributed by atoms with Gasteiger partial charge in [0.15, 0.2) is 0 Å². The van der Waals surface area contributed by atoms with E-state index < -0.39 is 5.41 Å². The van der Waals surface area contributed by atoms with E-state index in [1.165, 1.54) is 132 Å². The van der Waals surface area contributed by atoms with Crippen LogP contribution in [0.15, 0.2) is 206 Å². The van der Waals surface area contributed by atoms with Crippen LogP contribution < -0.4 is 4.90 Å². The Morgan fingerprint density at radius 3 is 1.43 bits per heavy atom. The number of nitrogens with zero attached hydrogens (tertiary/aromatic N) is 1. The van der Waals surface area contributed by atoms with E-state index in [1.807, 2.05) is 0 Å². The van der Waals surface area contributed by atoms with E-state index in [2.05, 4.69) is 225 Å².